The van der Waals surface area contributed by atoms with Crippen LogP contribution in [-0.4, -0.2) is 61.1 Å². The van der Waals surface area contributed by atoms with Crippen molar-refractivity contribution in [2.24, 2.45) is 4.99 Å². The van der Waals surface area contributed by atoms with Gasteiger partial charge in [0.15, 0.2) is 11.5 Å². The summed E-state index contributed by atoms with van der Waals surface area (Å²) in [7, 11) is 5.04. The molecule has 8 nitrogen and oxygen atoms in total. The van der Waals surface area contributed by atoms with Gasteiger partial charge >= 0.3 is 0 Å². The monoisotopic (exact) mass is 449 g/mol. The predicted molar refractivity (Wildman–Crippen MR) is 132 cm³/mol. The van der Waals surface area contributed by atoms with E-state index >= 15 is 0 Å². The van der Waals surface area contributed by atoms with Gasteiger partial charge in [0.2, 0.25) is 5.95 Å². The summed E-state index contributed by atoms with van der Waals surface area (Å²) in [5, 5.41) is 0.501. The third-order valence-corrected chi connectivity index (χ3v) is 6.06. The number of nitrogens with zero attached hydrogens (tertiary/aromatic N) is 4. The fourth-order valence-electron chi connectivity index (χ4n) is 4.35. The Hall–Kier alpha value is -3.55. The van der Waals surface area contributed by atoms with E-state index in [1.54, 1.807) is 20.3 Å². The van der Waals surface area contributed by atoms with Crippen molar-refractivity contribution in [1.82, 2.24) is 14.9 Å². The number of ether oxygens (including phenoxy) is 2. The Bertz CT molecular complexity index is 1250. The molecule has 174 valence electrons. The van der Waals surface area contributed by atoms with Crippen molar-refractivity contribution in [1.29, 1.82) is 0 Å². The van der Waals surface area contributed by atoms with Crippen LogP contribution in [0.5, 0.6) is 11.5 Å². The second-order valence-electron chi connectivity index (χ2n) is 8.57. The molecule has 4 rings (SSSR count). The molecule has 2 aromatic carbocycles. The van der Waals surface area contributed by atoms with Gasteiger partial charge < -0.3 is 19.3 Å². The lowest BCUT2D eigenvalue weighted by molar-refractivity contribution is 0.354. The van der Waals surface area contributed by atoms with Gasteiger partial charge in [0.1, 0.15) is 5.84 Å². The van der Waals surface area contributed by atoms with Crippen molar-refractivity contribution in [2.75, 3.05) is 39.3 Å². The summed E-state index contributed by atoms with van der Waals surface area (Å²) in [6.45, 7) is 8.62. The van der Waals surface area contributed by atoms with Crippen LogP contribution in [0.1, 0.15) is 30.5 Å². The number of aromatic amines is 1. The van der Waals surface area contributed by atoms with Crippen LogP contribution >= 0.6 is 0 Å². The summed E-state index contributed by atoms with van der Waals surface area (Å²) >= 11 is 0. The lowest BCUT2D eigenvalue weighted by Gasteiger charge is -2.25. The molecule has 1 N–H and O–H groups in total. The second-order valence-corrected chi connectivity index (χ2v) is 8.57. The molecule has 8 heteroatoms. The van der Waals surface area contributed by atoms with Gasteiger partial charge in [0, 0.05) is 43.4 Å². The van der Waals surface area contributed by atoms with Crippen LogP contribution < -0.4 is 19.9 Å². The Morgan fingerprint density at radius 2 is 1.91 bits per heavy atom. The summed E-state index contributed by atoms with van der Waals surface area (Å²) in [6, 6.07) is 10.6. The van der Waals surface area contributed by atoms with Gasteiger partial charge in [-0.2, -0.15) is 0 Å². The number of aliphatic imine (C=N–C) groups is 1. The zero-order chi connectivity index (χ0) is 23.7. The van der Waals surface area contributed by atoms with Crippen molar-refractivity contribution in [3.05, 3.63) is 57.4 Å². The van der Waals surface area contributed by atoms with Crippen LogP contribution in [0.25, 0.3) is 10.9 Å². The minimum atomic E-state index is -0.205. The van der Waals surface area contributed by atoms with Crippen LogP contribution in [0, 0.1) is 6.92 Å². The number of amidine groups is 1. The second kappa shape index (κ2) is 9.13. The van der Waals surface area contributed by atoms with Gasteiger partial charge in [-0.1, -0.05) is 24.3 Å². The SMILES string of the molecule is COc1cc2nc(N(C)Cc3ccc(C4=NCCN4C(C)C)cc3)[nH]c(=O)c2c(C)c1OC. The van der Waals surface area contributed by atoms with Crippen molar-refractivity contribution in [3.63, 3.8) is 0 Å². The van der Waals surface area contributed by atoms with E-state index in [4.69, 9.17) is 14.5 Å². The molecule has 0 fully saturated rings. The highest BCUT2D eigenvalue weighted by Gasteiger charge is 2.21. The fourth-order valence-corrected chi connectivity index (χ4v) is 4.35. The van der Waals surface area contributed by atoms with Crippen LogP contribution in [-0.2, 0) is 6.54 Å². The Labute approximate surface area is 193 Å². The first-order chi connectivity index (χ1) is 15.8. The first-order valence-electron chi connectivity index (χ1n) is 11.1. The Morgan fingerprint density at radius 1 is 1.18 bits per heavy atom. The smallest absolute Gasteiger partial charge is 0.260 e. The molecule has 0 saturated heterocycles. The van der Waals surface area contributed by atoms with Crippen LogP contribution in [0.15, 0.2) is 40.1 Å². The maximum absolute atomic E-state index is 12.9. The van der Waals surface area contributed by atoms with E-state index in [0.29, 0.717) is 46.5 Å². The fraction of sp³-hybridized carbons (Fsp3) is 0.400. The molecular weight excluding hydrogens is 418 g/mol. The molecule has 3 aromatic rings. The quantitative estimate of drug-likeness (QED) is 0.596. The van der Waals surface area contributed by atoms with E-state index in [1.807, 2.05) is 18.9 Å². The molecular formula is C25H31N5O3. The Morgan fingerprint density at radius 3 is 2.55 bits per heavy atom. The lowest BCUT2D eigenvalue weighted by Crippen LogP contribution is -2.34. The summed E-state index contributed by atoms with van der Waals surface area (Å²) in [4.78, 5) is 29.4. The van der Waals surface area contributed by atoms with Gasteiger partial charge in [-0.3, -0.25) is 14.8 Å². The highest BCUT2D eigenvalue weighted by Crippen LogP contribution is 2.35. The summed E-state index contributed by atoms with van der Waals surface area (Å²) in [5.41, 5.74) is 3.31. The van der Waals surface area contributed by atoms with E-state index in [1.165, 1.54) is 0 Å². The highest BCUT2D eigenvalue weighted by atomic mass is 16.5. The lowest BCUT2D eigenvalue weighted by atomic mass is 10.1. The number of anilines is 1. The zero-order valence-corrected chi connectivity index (χ0v) is 20.1. The molecule has 0 amide bonds. The van der Waals surface area contributed by atoms with Crippen molar-refractivity contribution >= 4 is 22.7 Å². The first kappa shape index (κ1) is 22.6. The molecule has 1 aliphatic rings. The molecule has 0 radical (unpaired) electrons. The van der Waals surface area contributed by atoms with Crippen molar-refractivity contribution in [3.8, 4) is 11.5 Å². The van der Waals surface area contributed by atoms with Crippen LogP contribution in [0.3, 0.4) is 0 Å². The number of H-pyrrole nitrogens is 1. The molecule has 0 atom stereocenters. The van der Waals surface area contributed by atoms with Crippen LogP contribution in [0.4, 0.5) is 5.95 Å². The average molecular weight is 450 g/mol. The predicted octanol–water partition coefficient (Wildman–Crippen LogP) is 3.36. The normalized spacial score (nSPS) is 13.5. The summed E-state index contributed by atoms with van der Waals surface area (Å²) < 4.78 is 10.9. The van der Waals surface area contributed by atoms with Crippen molar-refractivity contribution in [2.45, 2.75) is 33.4 Å². The summed E-state index contributed by atoms with van der Waals surface area (Å²) in [5.74, 6) is 2.65. The van der Waals surface area contributed by atoms with Gasteiger partial charge in [0.05, 0.1) is 31.7 Å². The average Bonchev–Trinajstić information content (AvgIpc) is 3.29. The number of benzene rings is 2. The maximum Gasteiger partial charge on any atom is 0.260 e. The van der Waals surface area contributed by atoms with E-state index in [0.717, 1.165) is 30.1 Å². The number of hydrogen-bond donors (Lipinski definition) is 1. The van der Waals surface area contributed by atoms with E-state index in [-0.39, 0.29) is 5.56 Å². The molecule has 33 heavy (non-hydrogen) atoms. The third-order valence-electron chi connectivity index (χ3n) is 6.06. The highest BCUT2D eigenvalue weighted by molar-refractivity contribution is 6.00. The van der Waals surface area contributed by atoms with Gasteiger partial charge in [-0.25, -0.2) is 4.98 Å². The van der Waals surface area contributed by atoms with Crippen molar-refractivity contribution < 1.29 is 9.47 Å². The Kier molecular flexibility index (Phi) is 6.26. The zero-order valence-electron chi connectivity index (χ0n) is 20.1. The largest absolute Gasteiger partial charge is 0.493 e. The van der Waals surface area contributed by atoms with E-state index in [2.05, 4.69) is 53.0 Å². The maximum atomic E-state index is 12.9. The number of hydrogen-bond acceptors (Lipinski definition) is 7. The molecule has 0 saturated carbocycles. The molecule has 1 aliphatic heterocycles. The molecule has 0 spiro atoms. The minimum absolute atomic E-state index is 0.205. The molecule has 1 aromatic heterocycles. The van der Waals surface area contributed by atoms with Gasteiger partial charge in [-0.05, 0) is 26.3 Å². The van der Waals surface area contributed by atoms with Gasteiger partial charge in [0.25, 0.3) is 5.56 Å². The van der Waals surface area contributed by atoms with Gasteiger partial charge in [-0.15, -0.1) is 0 Å². The minimum Gasteiger partial charge on any atom is -0.493 e. The third kappa shape index (κ3) is 4.25. The number of aryl methyl sites for hydroxylation is 1. The molecule has 0 aliphatic carbocycles. The van der Waals surface area contributed by atoms with E-state index < -0.39 is 0 Å². The number of nitrogens with one attached hydrogen (secondary N) is 1. The first-order valence-corrected chi connectivity index (χ1v) is 11.1. The Balaban J connectivity index is 1.59. The number of fused-ring (bicyclic) bond motifs is 1. The number of aromatic nitrogens is 2. The van der Waals surface area contributed by atoms with Crippen LogP contribution in [0.2, 0.25) is 0 Å². The number of rotatable bonds is 7. The number of methoxy groups -OCH3 is 2. The molecule has 0 bridgehead atoms. The molecule has 0 unspecified atom stereocenters. The topological polar surface area (TPSA) is 83.0 Å². The standard InChI is InChI=1S/C25H31N5O3/c1-15(2)30-12-11-26-23(30)18-9-7-17(8-10-18)14-29(4)25-27-19-13-20(32-5)22(33-6)16(3)21(19)24(31)28-25/h7-10,13,15H,11-12,14H2,1-6H3,(H,27,28,31). The summed E-state index contributed by atoms with van der Waals surface area (Å²) in [6.07, 6.45) is 0. The van der Waals surface area contributed by atoms with E-state index in [9.17, 15) is 4.79 Å². The molecule has 2 heterocycles.